The summed E-state index contributed by atoms with van der Waals surface area (Å²) >= 11 is 0. The van der Waals surface area contributed by atoms with Gasteiger partial charge in [-0.05, 0) is 25.2 Å². The van der Waals surface area contributed by atoms with E-state index < -0.39 is 0 Å². The Morgan fingerprint density at radius 3 is 2.78 bits per heavy atom. The lowest BCUT2D eigenvalue weighted by Gasteiger charge is -2.26. The summed E-state index contributed by atoms with van der Waals surface area (Å²) in [6.07, 6.45) is 3.75. The highest BCUT2D eigenvalue weighted by molar-refractivity contribution is 5.90. The lowest BCUT2D eigenvalue weighted by Crippen LogP contribution is -2.49. The molecule has 2 atom stereocenters. The smallest absolute Gasteiger partial charge is 0.245 e. The van der Waals surface area contributed by atoms with Gasteiger partial charge in [0.05, 0.1) is 6.61 Å². The van der Waals surface area contributed by atoms with Crippen LogP contribution in [0.4, 0.5) is 0 Å². The van der Waals surface area contributed by atoms with Gasteiger partial charge < -0.3 is 15.0 Å². The van der Waals surface area contributed by atoms with Crippen molar-refractivity contribution in [3.8, 4) is 0 Å². The third-order valence-electron chi connectivity index (χ3n) is 4.11. The van der Waals surface area contributed by atoms with Crippen molar-refractivity contribution in [1.82, 2.24) is 10.2 Å². The maximum Gasteiger partial charge on any atom is 0.245 e. The Morgan fingerprint density at radius 1 is 1.28 bits per heavy atom. The van der Waals surface area contributed by atoms with Crippen LogP contribution in [-0.2, 0) is 14.3 Å². The number of carbonyl (C=O) groups is 2. The summed E-state index contributed by atoms with van der Waals surface area (Å²) in [6.45, 7) is 2.70. The van der Waals surface area contributed by atoms with Crippen LogP contribution >= 0.6 is 0 Å². The van der Waals surface area contributed by atoms with E-state index in [9.17, 15) is 9.59 Å². The van der Waals surface area contributed by atoms with Crippen molar-refractivity contribution in [2.75, 3.05) is 26.3 Å². The largest absolute Gasteiger partial charge is 0.381 e. The first-order valence-corrected chi connectivity index (χ1v) is 6.90. The van der Waals surface area contributed by atoms with Gasteiger partial charge in [-0.2, -0.15) is 0 Å². The fourth-order valence-electron chi connectivity index (χ4n) is 2.78. The lowest BCUT2D eigenvalue weighted by atomic mass is 9.98. The topological polar surface area (TPSA) is 58.6 Å². The molecule has 0 aromatic heterocycles. The zero-order valence-electron chi connectivity index (χ0n) is 10.6. The second-order valence-electron chi connectivity index (χ2n) is 5.65. The molecule has 2 heterocycles. The van der Waals surface area contributed by atoms with Gasteiger partial charge in [0.15, 0.2) is 0 Å². The Labute approximate surface area is 107 Å². The molecular formula is C13H20N2O3. The van der Waals surface area contributed by atoms with Crippen LogP contribution in [0.25, 0.3) is 0 Å². The second-order valence-corrected chi connectivity index (χ2v) is 5.65. The minimum absolute atomic E-state index is 0.00135. The average molecular weight is 252 g/mol. The normalized spacial score (nSPS) is 33.4. The maximum atomic E-state index is 12.5. The van der Waals surface area contributed by atoms with Gasteiger partial charge in [-0.25, -0.2) is 0 Å². The first kappa shape index (κ1) is 12.0. The van der Waals surface area contributed by atoms with E-state index >= 15 is 0 Å². The van der Waals surface area contributed by atoms with Crippen LogP contribution in [-0.4, -0.2) is 49.1 Å². The van der Waals surface area contributed by atoms with Crippen LogP contribution in [0, 0.1) is 11.8 Å². The number of carbonyl (C=O) groups excluding carboxylic acids is 2. The molecule has 2 unspecified atom stereocenters. The molecule has 1 saturated carbocycles. The molecule has 5 heteroatoms. The first-order chi connectivity index (χ1) is 8.74. The van der Waals surface area contributed by atoms with E-state index in [0.29, 0.717) is 32.1 Å². The summed E-state index contributed by atoms with van der Waals surface area (Å²) in [6, 6.07) is -0.360. The number of rotatable bonds is 3. The number of ether oxygens (including phenoxy) is 1. The van der Waals surface area contributed by atoms with E-state index in [-0.39, 0.29) is 23.8 Å². The molecule has 18 heavy (non-hydrogen) atoms. The minimum Gasteiger partial charge on any atom is -0.381 e. The molecule has 3 fully saturated rings. The van der Waals surface area contributed by atoms with E-state index in [0.717, 1.165) is 13.0 Å². The molecule has 0 aromatic rings. The highest BCUT2D eigenvalue weighted by Gasteiger charge is 2.38. The van der Waals surface area contributed by atoms with Gasteiger partial charge in [-0.3, -0.25) is 9.59 Å². The Hall–Kier alpha value is -1.10. The van der Waals surface area contributed by atoms with E-state index in [1.807, 2.05) is 4.90 Å². The van der Waals surface area contributed by atoms with Gasteiger partial charge in [0.2, 0.25) is 11.8 Å². The maximum absolute atomic E-state index is 12.5. The fourth-order valence-corrected chi connectivity index (χ4v) is 2.78. The molecule has 100 valence electrons. The van der Waals surface area contributed by atoms with Gasteiger partial charge in [-0.15, -0.1) is 0 Å². The van der Waals surface area contributed by atoms with Gasteiger partial charge in [0.25, 0.3) is 0 Å². The Balaban J connectivity index is 1.71. The van der Waals surface area contributed by atoms with Gasteiger partial charge in [0, 0.05) is 32.0 Å². The van der Waals surface area contributed by atoms with Gasteiger partial charge in [0.1, 0.15) is 6.04 Å². The summed E-state index contributed by atoms with van der Waals surface area (Å²) in [4.78, 5) is 26.1. The molecule has 0 radical (unpaired) electrons. The molecular weight excluding hydrogens is 232 g/mol. The van der Waals surface area contributed by atoms with Crippen molar-refractivity contribution in [1.29, 1.82) is 0 Å². The number of hydrogen-bond acceptors (Lipinski definition) is 3. The molecule has 0 spiro atoms. The fraction of sp³-hybridized carbons (Fsp3) is 0.846. The Bertz CT molecular complexity index is 348. The molecule has 2 amide bonds. The molecule has 1 aliphatic carbocycles. The molecule has 2 aliphatic heterocycles. The lowest BCUT2D eigenvalue weighted by molar-refractivity contribution is -0.135. The third-order valence-corrected chi connectivity index (χ3v) is 4.11. The average Bonchev–Trinajstić information content (AvgIpc) is 3.04. The molecule has 0 bridgehead atoms. The van der Waals surface area contributed by atoms with Gasteiger partial charge in [-0.1, -0.05) is 0 Å². The SMILES string of the molecule is O=C1CCN(CC2CC2)C(=O)C(C2CCOC2)N1. The number of nitrogens with one attached hydrogen (secondary N) is 1. The standard InChI is InChI=1S/C13H20N2O3/c16-11-3-5-15(7-9-1-2-9)13(17)12(14-11)10-4-6-18-8-10/h9-10,12H,1-8H2,(H,14,16). The zero-order valence-corrected chi connectivity index (χ0v) is 10.6. The van der Waals surface area contributed by atoms with E-state index in [4.69, 9.17) is 4.74 Å². The first-order valence-electron chi connectivity index (χ1n) is 6.90. The van der Waals surface area contributed by atoms with Crippen LogP contribution in [0.2, 0.25) is 0 Å². The third kappa shape index (κ3) is 2.51. The monoisotopic (exact) mass is 252 g/mol. The van der Waals surface area contributed by atoms with E-state index in [1.54, 1.807) is 0 Å². The Kier molecular flexibility index (Phi) is 3.24. The van der Waals surface area contributed by atoms with Crippen molar-refractivity contribution < 1.29 is 14.3 Å². The summed E-state index contributed by atoms with van der Waals surface area (Å²) in [7, 11) is 0. The second kappa shape index (κ2) is 4.88. The molecule has 1 N–H and O–H groups in total. The summed E-state index contributed by atoms with van der Waals surface area (Å²) in [5, 5.41) is 2.88. The molecule has 2 saturated heterocycles. The van der Waals surface area contributed by atoms with E-state index in [2.05, 4.69) is 5.32 Å². The summed E-state index contributed by atoms with van der Waals surface area (Å²) < 4.78 is 5.34. The molecule has 0 aromatic carbocycles. The van der Waals surface area contributed by atoms with Crippen molar-refractivity contribution in [2.24, 2.45) is 11.8 Å². The van der Waals surface area contributed by atoms with Crippen LogP contribution in [0.3, 0.4) is 0 Å². The number of nitrogens with zero attached hydrogens (tertiary/aromatic N) is 1. The molecule has 3 rings (SSSR count). The quantitative estimate of drug-likeness (QED) is 0.778. The zero-order chi connectivity index (χ0) is 12.5. The molecule has 3 aliphatic rings. The van der Waals surface area contributed by atoms with Crippen LogP contribution in [0.15, 0.2) is 0 Å². The van der Waals surface area contributed by atoms with E-state index in [1.165, 1.54) is 12.8 Å². The summed E-state index contributed by atoms with van der Waals surface area (Å²) in [5.74, 6) is 0.922. The minimum atomic E-state index is -0.360. The van der Waals surface area contributed by atoms with Crippen LogP contribution < -0.4 is 5.32 Å². The number of amides is 2. The van der Waals surface area contributed by atoms with Crippen molar-refractivity contribution >= 4 is 11.8 Å². The predicted molar refractivity (Wildman–Crippen MR) is 64.8 cm³/mol. The van der Waals surface area contributed by atoms with Crippen molar-refractivity contribution in [2.45, 2.75) is 31.7 Å². The van der Waals surface area contributed by atoms with Crippen LogP contribution in [0.1, 0.15) is 25.7 Å². The van der Waals surface area contributed by atoms with Crippen molar-refractivity contribution in [3.05, 3.63) is 0 Å². The molecule has 5 nitrogen and oxygen atoms in total. The van der Waals surface area contributed by atoms with Gasteiger partial charge >= 0.3 is 0 Å². The van der Waals surface area contributed by atoms with Crippen LogP contribution in [0.5, 0.6) is 0 Å². The number of hydrogen-bond donors (Lipinski definition) is 1. The Morgan fingerprint density at radius 2 is 2.11 bits per heavy atom. The highest BCUT2D eigenvalue weighted by atomic mass is 16.5. The van der Waals surface area contributed by atoms with Crippen molar-refractivity contribution in [3.63, 3.8) is 0 Å². The summed E-state index contributed by atoms with van der Waals surface area (Å²) in [5.41, 5.74) is 0. The highest BCUT2D eigenvalue weighted by Crippen LogP contribution is 2.31. The predicted octanol–water partition coefficient (Wildman–Crippen LogP) is 0.150.